The highest BCUT2D eigenvalue weighted by Gasteiger charge is 2.54. The second kappa shape index (κ2) is 4.86. The minimum absolute atomic E-state index is 0.360. The molecule has 0 saturated carbocycles. The van der Waals surface area contributed by atoms with Gasteiger partial charge in [0.25, 0.3) is 0 Å². The van der Waals surface area contributed by atoms with Gasteiger partial charge in [-0.3, -0.25) is 4.79 Å². The van der Waals surface area contributed by atoms with E-state index < -0.39 is 17.8 Å². The summed E-state index contributed by atoms with van der Waals surface area (Å²) in [4.78, 5) is 10.7. The lowest BCUT2D eigenvalue weighted by molar-refractivity contribution is -0.214. The molecule has 4 atom stereocenters. The van der Waals surface area contributed by atoms with Crippen molar-refractivity contribution in [3.8, 4) is 0 Å². The van der Waals surface area contributed by atoms with Crippen molar-refractivity contribution in [1.29, 1.82) is 0 Å². The minimum Gasteiger partial charge on any atom is -0.388 e. The van der Waals surface area contributed by atoms with Crippen LogP contribution in [0.2, 0.25) is 0 Å². The van der Waals surface area contributed by atoms with Crippen molar-refractivity contribution in [2.75, 3.05) is 14.2 Å². The molecule has 0 aromatic rings. The van der Waals surface area contributed by atoms with Gasteiger partial charge < -0.3 is 19.3 Å². The first-order valence-corrected chi connectivity index (χ1v) is 5.71. The molecular formula is C12H18O5. The molecule has 0 bridgehead atoms. The number of allylic oxidation sites excluding steroid dienone is 1. The highest BCUT2D eigenvalue weighted by atomic mass is 16.8. The standard InChI is InChI=1S/C12H18O5/c1-15-10-6-12(11(16-2)17-10)4-3-8(7-13)5-9(12)14/h5,7,9-11,14H,3-4,6H2,1-2H3/t9-,10?,11?,12-/m0/s1. The summed E-state index contributed by atoms with van der Waals surface area (Å²) in [5, 5.41) is 10.2. The molecule has 96 valence electrons. The molecular weight excluding hydrogens is 224 g/mol. The summed E-state index contributed by atoms with van der Waals surface area (Å²) in [6.07, 6.45) is 2.68. The Hall–Kier alpha value is -0.750. The van der Waals surface area contributed by atoms with E-state index in [1.807, 2.05) is 0 Å². The number of hydrogen-bond donors (Lipinski definition) is 1. The predicted octanol–water partition coefficient (Wildman–Crippen LogP) is 0.618. The monoisotopic (exact) mass is 242 g/mol. The second-order valence-electron chi connectivity index (χ2n) is 4.61. The summed E-state index contributed by atoms with van der Waals surface area (Å²) in [5.41, 5.74) is 0.140. The molecule has 0 radical (unpaired) electrons. The van der Waals surface area contributed by atoms with E-state index in [0.29, 0.717) is 24.8 Å². The highest BCUT2D eigenvalue weighted by molar-refractivity contribution is 5.73. The fourth-order valence-electron chi connectivity index (χ4n) is 2.71. The van der Waals surface area contributed by atoms with E-state index >= 15 is 0 Å². The second-order valence-corrected chi connectivity index (χ2v) is 4.61. The molecule has 17 heavy (non-hydrogen) atoms. The summed E-state index contributed by atoms with van der Waals surface area (Å²) in [7, 11) is 3.12. The number of carbonyl (C=O) groups is 1. The fourth-order valence-corrected chi connectivity index (χ4v) is 2.71. The van der Waals surface area contributed by atoms with Crippen LogP contribution in [0.4, 0.5) is 0 Å². The van der Waals surface area contributed by atoms with Gasteiger partial charge in [-0.25, -0.2) is 0 Å². The van der Waals surface area contributed by atoms with Gasteiger partial charge in [0.2, 0.25) is 0 Å². The Morgan fingerprint density at radius 1 is 1.53 bits per heavy atom. The fraction of sp³-hybridized carbons (Fsp3) is 0.750. The van der Waals surface area contributed by atoms with Gasteiger partial charge in [-0.2, -0.15) is 0 Å². The quantitative estimate of drug-likeness (QED) is 0.735. The summed E-state index contributed by atoms with van der Waals surface area (Å²) in [6.45, 7) is 0. The number of aliphatic hydroxyl groups excluding tert-OH is 1. The maximum atomic E-state index is 10.7. The van der Waals surface area contributed by atoms with E-state index in [0.717, 1.165) is 6.29 Å². The van der Waals surface area contributed by atoms with Crippen LogP contribution in [0.25, 0.3) is 0 Å². The first-order chi connectivity index (χ1) is 8.16. The Kier molecular flexibility index (Phi) is 3.63. The number of ether oxygens (including phenoxy) is 3. The summed E-state index contributed by atoms with van der Waals surface area (Å²) in [5.74, 6) is 0. The normalized spacial score (nSPS) is 41.6. The highest BCUT2D eigenvalue weighted by Crippen LogP contribution is 2.49. The van der Waals surface area contributed by atoms with Crippen molar-refractivity contribution in [2.45, 2.75) is 37.9 Å². The number of methoxy groups -OCH3 is 2. The lowest BCUT2D eigenvalue weighted by Crippen LogP contribution is -2.44. The molecule has 5 nitrogen and oxygen atoms in total. The van der Waals surface area contributed by atoms with E-state index in [1.54, 1.807) is 20.3 Å². The largest absolute Gasteiger partial charge is 0.388 e. The Labute approximate surface area is 100 Å². The van der Waals surface area contributed by atoms with Gasteiger partial charge in [0.1, 0.15) is 6.29 Å². The average molecular weight is 242 g/mol. The third kappa shape index (κ3) is 2.04. The van der Waals surface area contributed by atoms with Crippen LogP contribution in [0.15, 0.2) is 11.6 Å². The average Bonchev–Trinajstić information content (AvgIpc) is 2.72. The van der Waals surface area contributed by atoms with E-state index in [4.69, 9.17) is 14.2 Å². The maximum absolute atomic E-state index is 10.7. The van der Waals surface area contributed by atoms with E-state index in [-0.39, 0.29) is 6.29 Å². The first-order valence-electron chi connectivity index (χ1n) is 5.71. The van der Waals surface area contributed by atoms with Crippen molar-refractivity contribution in [2.24, 2.45) is 5.41 Å². The van der Waals surface area contributed by atoms with Gasteiger partial charge >= 0.3 is 0 Å². The molecule has 2 rings (SSSR count). The molecule has 1 spiro atoms. The van der Waals surface area contributed by atoms with Crippen molar-refractivity contribution in [1.82, 2.24) is 0 Å². The molecule has 1 saturated heterocycles. The van der Waals surface area contributed by atoms with Crippen LogP contribution in [-0.2, 0) is 19.0 Å². The van der Waals surface area contributed by atoms with Crippen molar-refractivity contribution < 1.29 is 24.1 Å². The molecule has 2 aliphatic rings. The topological polar surface area (TPSA) is 65.0 Å². The third-order valence-corrected chi connectivity index (χ3v) is 3.76. The van der Waals surface area contributed by atoms with Crippen molar-refractivity contribution >= 4 is 6.29 Å². The zero-order valence-electron chi connectivity index (χ0n) is 10.1. The van der Waals surface area contributed by atoms with Crippen molar-refractivity contribution in [3.63, 3.8) is 0 Å². The van der Waals surface area contributed by atoms with Crippen LogP contribution in [0, 0.1) is 5.41 Å². The molecule has 1 aliphatic heterocycles. The molecule has 1 aliphatic carbocycles. The van der Waals surface area contributed by atoms with Crippen molar-refractivity contribution in [3.05, 3.63) is 11.6 Å². The first kappa shape index (κ1) is 12.7. The third-order valence-electron chi connectivity index (χ3n) is 3.76. The maximum Gasteiger partial charge on any atom is 0.168 e. The van der Waals surface area contributed by atoms with E-state index in [9.17, 15) is 9.90 Å². The van der Waals surface area contributed by atoms with Crippen LogP contribution >= 0.6 is 0 Å². The number of aliphatic hydroxyl groups is 1. The molecule has 0 aromatic heterocycles. The Balaban J connectivity index is 2.24. The molecule has 0 amide bonds. The van der Waals surface area contributed by atoms with Gasteiger partial charge in [-0.15, -0.1) is 0 Å². The molecule has 0 aromatic carbocycles. The van der Waals surface area contributed by atoms with Gasteiger partial charge in [0.15, 0.2) is 12.6 Å². The number of carbonyl (C=O) groups excluding carboxylic acids is 1. The Morgan fingerprint density at radius 2 is 2.29 bits per heavy atom. The Morgan fingerprint density at radius 3 is 2.82 bits per heavy atom. The smallest absolute Gasteiger partial charge is 0.168 e. The number of aldehydes is 1. The van der Waals surface area contributed by atoms with Crippen LogP contribution in [-0.4, -0.2) is 44.3 Å². The van der Waals surface area contributed by atoms with Gasteiger partial charge in [-0.05, 0) is 24.5 Å². The predicted molar refractivity (Wildman–Crippen MR) is 59.1 cm³/mol. The van der Waals surface area contributed by atoms with Gasteiger partial charge in [0, 0.05) is 20.6 Å². The van der Waals surface area contributed by atoms with Crippen LogP contribution in [0.3, 0.4) is 0 Å². The SMILES string of the molecule is COC1C[C@]2(CCC(C=O)=C[C@@H]2O)C(OC)O1. The summed E-state index contributed by atoms with van der Waals surface area (Å²) in [6, 6.07) is 0. The molecule has 2 unspecified atom stereocenters. The zero-order valence-corrected chi connectivity index (χ0v) is 10.1. The van der Waals surface area contributed by atoms with Crippen LogP contribution in [0.5, 0.6) is 0 Å². The summed E-state index contributed by atoms with van der Waals surface area (Å²) < 4.78 is 16.0. The lowest BCUT2D eigenvalue weighted by Gasteiger charge is -2.38. The molecule has 1 N–H and O–H groups in total. The lowest BCUT2D eigenvalue weighted by atomic mass is 9.71. The van der Waals surface area contributed by atoms with E-state index in [1.165, 1.54) is 0 Å². The van der Waals surface area contributed by atoms with Crippen LogP contribution < -0.4 is 0 Å². The summed E-state index contributed by atoms with van der Waals surface area (Å²) >= 11 is 0. The minimum atomic E-state index is -0.735. The number of rotatable bonds is 3. The van der Waals surface area contributed by atoms with Crippen LogP contribution in [0.1, 0.15) is 19.3 Å². The van der Waals surface area contributed by atoms with E-state index in [2.05, 4.69) is 0 Å². The molecule has 1 fully saturated rings. The Bertz CT molecular complexity index is 327. The zero-order chi connectivity index (χ0) is 12.5. The molecule has 5 heteroatoms. The molecule has 1 heterocycles. The number of hydrogen-bond acceptors (Lipinski definition) is 5. The van der Waals surface area contributed by atoms with Gasteiger partial charge in [0.05, 0.1) is 11.5 Å². The van der Waals surface area contributed by atoms with Gasteiger partial charge in [-0.1, -0.05) is 0 Å².